The zero-order chi connectivity index (χ0) is 17.8. The number of carbonyl (C=O) groups is 1. The van der Waals surface area contributed by atoms with E-state index in [1.54, 1.807) is 30.3 Å². The van der Waals surface area contributed by atoms with E-state index in [4.69, 9.17) is 26.8 Å². The Morgan fingerprint density at radius 3 is 2.88 bits per heavy atom. The van der Waals surface area contributed by atoms with Crippen LogP contribution in [0.5, 0.6) is 5.75 Å². The Labute approximate surface area is 164 Å². The zero-order valence-electron chi connectivity index (χ0n) is 14.5. The van der Waals surface area contributed by atoms with E-state index in [0.717, 1.165) is 25.0 Å². The molecule has 2 aromatic rings. The molecule has 140 valence electrons. The summed E-state index contributed by atoms with van der Waals surface area (Å²) in [6, 6.07) is 10.4. The molecule has 3 rings (SSSR count). The van der Waals surface area contributed by atoms with Gasteiger partial charge in [0, 0.05) is 22.9 Å². The van der Waals surface area contributed by atoms with Gasteiger partial charge in [0.05, 0.1) is 11.8 Å². The predicted octanol–water partition coefficient (Wildman–Crippen LogP) is 4.46. The number of nitrogens with two attached hydrogens (primary N) is 1. The highest BCUT2D eigenvalue weighted by molar-refractivity contribution is 6.31. The molecule has 1 heterocycles. The Kier molecular flexibility index (Phi) is 7.14. The van der Waals surface area contributed by atoms with E-state index in [1.165, 1.54) is 0 Å². The van der Waals surface area contributed by atoms with Crippen LogP contribution in [0.15, 0.2) is 36.4 Å². The minimum atomic E-state index is -0.256. The van der Waals surface area contributed by atoms with E-state index in [2.05, 4.69) is 5.32 Å². The van der Waals surface area contributed by atoms with Gasteiger partial charge in [0.25, 0.3) is 5.91 Å². The van der Waals surface area contributed by atoms with Crippen LogP contribution in [-0.2, 0) is 4.74 Å². The lowest BCUT2D eigenvalue weighted by Gasteiger charge is -2.16. The molecule has 5 nitrogen and oxygen atoms in total. The SMILES string of the molecule is Cc1ccc(N)cc1C(=O)Nc1cc(Cl)ccc1OCC1CCCO1.Cl. The first kappa shape index (κ1) is 20.4. The number of amides is 1. The first-order valence-corrected chi connectivity index (χ1v) is 8.62. The summed E-state index contributed by atoms with van der Waals surface area (Å²) in [6.45, 7) is 3.08. The second-order valence-corrected chi connectivity index (χ2v) is 6.55. The van der Waals surface area contributed by atoms with Crippen molar-refractivity contribution in [2.45, 2.75) is 25.9 Å². The van der Waals surface area contributed by atoms with E-state index in [9.17, 15) is 4.79 Å². The number of carbonyl (C=O) groups excluding carboxylic acids is 1. The van der Waals surface area contributed by atoms with Crippen LogP contribution in [-0.4, -0.2) is 25.2 Å². The number of hydrogen-bond donors (Lipinski definition) is 2. The summed E-state index contributed by atoms with van der Waals surface area (Å²) in [7, 11) is 0. The molecule has 26 heavy (non-hydrogen) atoms. The minimum Gasteiger partial charge on any atom is -0.489 e. The summed E-state index contributed by atoms with van der Waals surface area (Å²) in [5.41, 5.74) is 8.22. The molecule has 0 radical (unpaired) electrons. The number of halogens is 2. The highest BCUT2D eigenvalue weighted by Gasteiger charge is 2.18. The van der Waals surface area contributed by atoms with Crippen LogP contribution >= 0.6 is 24.0 Å². The topological polar surface area (TPSA) is 73.6 Å². The summed E-state index contributed by atoms with van der Waals surface area (Å²) < 4.78 is 11.4. The monoisotopic (exact) mass is 396 g/mol. The molecule has 3 N–H and O–H groups in total. The Morgan fingerprint density at radius 1 is 1.35 bits per heavy atom. The second kappa shape index (κ2) is 9.12. The lowest BCUT2D eigenvalue weighted by molar-refractivity contribution is 0.0682. The molecule has 0 saturated carbocycles. The summed E-state index contributed by atoms with van der Waals surface area (Å²) in [5, 5.41) is 3.38. The Hall–Kier alpha value is -1.95. The van der Waals surface area contributed by atoms with Gasteiger partial charge >= 0.3 is 0 Å². The molecule has 0 bridgehead atoms. The van der Waals surface area contributed by atoms with E-state index in [1.807, 2.05) is 13.0 Å². The van der Waals surface area contributed by atoms with Gasteiger partial charge in [0.1, 0.15) is 12.4 Å². The Balaban J connectivity index is 0.00000243. The van der Waals surface area contributed by atoms with Crippen LogP contribution in [0.1, 0.15) is 28.8 Å². The fraction of sp³-hybridized carbons (Fsp3) is 0.316. The molecular weight excluding hydrogens is 375 g/mol. The molecule has 2 aromatic carbocycles. The van der Waals surface area contributed by atoms with Gasteiger partial charge in [0.2, 0.25) is 0 Å². The third-order valence-electron chi connectivity index (χ3n) is 4.14. The summed E-state index contributed by atoms with van der Waals surface area (Å²) in [6.07, 6.45) is 2.13. The predicted molar refractivity (Wildman–Crippen MR) is 107 cm³/mol. The molecule has 1 atom stereocenters. The van der Waals surface area contributed by atoms with Crippen molar-refractivity contribution in [2.75, 3.05) is 24.3 Å². The van der Waals surface area contributed by atoms with Crippen LogP contribution < -0.4 is 15.8 Å². The van der Waals surface area contributed by atoms with E-state index in [-0.39, 0.29) is 24.4 Å². The lowest BCUT2D eigenvalue weighted by atomic mass is 10.1. The highest BCUT2D eigenvalue weighted by Crippen LogP contribution is 2.29. The standard InChI is InChI=1S/C19H21ClN2O3.ClH/c1-12-4-6-14(21)10-16(12)19(23)22-17-9-13(20)5-7-18(17)25-11-15-3-2-8-24-15;/h4-7,9-10,15H,2-3,8,11,21H2,1H3,(H,22,23);1H. The summed E-state index contributed by atoms with van der Waals surface area (Å²) in [4.78, 5) is 12.6. The van der Waals surface area contributed by atoms with Crippen LogP contribution in [0.4, 0.5) is 11.4 Å². The minimum absolute atomic E-state index is 0. The molecule has 0 aliphatic carbocycles. The average molecular weight is 397 g/mol. The lowest BCUT2D eigenvalue weighted by Crippen LogP contribution is -2.18. The molecule has 7 heteroatoms. The van der Waals surface area contributed by atoms with Crippen LogP contribution in [0.3, 0.4) is 0 Å². The van der Waals surface area contributed by atoms with Crippen molar-refractivity contribution in [1.29, 1.82) is 0 Å². The van der Waals surface area contributed by atoms with Gasteiger partial charge < -0.3 is 20.5 Å². The Bertz CT molecular complexity index is 777. The van der Waals surface area contributed by atoms with Crippen molar-refractivity contribution in [3.8, 4) is 5.75 Å². The molecular formula is C19H22Cl2N2O3. The van der Waals surface area contributed by atoms with Crippen LogP contribution in [0.2, 0.25) is 5.02 Å². The van der Waals surface area contributed by atoms with Gasteiger partial charge in [-0.1, -0.05) is 17.7 Å². The smallest absolute Gasteiger partial charge is 0.256 e. The normalized spacial score (nSPS) is 16.0. The fourth-order valence-electron chi connectivity index (χ4n) is 2.76. The van der Waals surface area contributed by atoms with Crippen molar-refractivity contribution in [3.63, 3.8) is 0 Å². The largest absolute Gasteiger partial charge is 0.489 e. The van der Waals surface area contributed by atoms with E-state index < -0.39 is 0 Å². The number of hydrogen-bond acceptors (Lipinski definition) is 4. The van der Waals surface area contributed by atoms with E-state index >= 15 is 0 Å². The number of aryl methyl sites for hydroxylation is 1. The van der Waals surface area contributed by atoms with Gasteiger partial charge in [-0.25, -0.2) is 0 Å². The molecule has 1 amide bonds. The second-order valence-electron chi connectivity index (χ2n) is 6.11. The molecule has 1 saturated heterocycles. The molecule has 1 aliphatic rings. The van der Waals surface area contributed by atoms with E-state index in [0.29, 0.717) is 34.3 Å². The fourth-order valence-corrected chi connectivity index (χ4v) is 2.93. The number of rotatable bonds is 5. The van der Waals surface area contributed by atoms with Crippen molar-refractivity contribution in [3.05, 3.63) is 52.5 Å². The molecule has 1 aliphatic heterocycles. The third-order valence-corrected chi connectivity index (χ3v) is 4.38. The number of ether oxygens (including phenoxy) is 2. The molecule has 0 spiro atoms. The van der Waals surface area contributed by atoms with Crippen molar-refractivity contribution in [2.24, 2.45) is 0 Å². The van der Waals surface area contributed by atoms with Gasteiger partial charge in [0.15, 0.2) is 0 Å². The molecule has 0 aromatic heterocycles. The van der Waals surface area contributed by atoms with Crippen LogP contribution in [0, 0.1) is 6.92 Å². The maximum atomic E-state index is 12.6. The quantitative estimate of drug-likeness (QED) is 0.731. The molecule has 1 unspecified atom stereocenters. The maximum Gasteiger partial charge on any atom is 0.256 e. The van der Waals surface area contributed by atoms with Gasteiger partial charge in [-0.05, 0) is 55.7 Å². The highest BCUT2D eigenvalue weighted by atomic mass is 35.5. The van der Waals surface area contributed by atoms with Crippen molar-refractivity contribution >= 4 is 41.3 Å². The molecule has 1 fully saturated rings. The van der Waals surface area contributed by atoms with Gasteiger partial charge in [-0.2, -0.15) is 0 Å². The van der Waals surface area contributed by atoms with Gasteiger partial charge in [-0.15, -0.1) is 12.4 Å². The Morgan fingerprint density at radius 2 is 2.15 bits per heavy atom. The van der Waals surface area contributed by atoms with Crippen molar-refractivity contribution in [1.82, 2.24) is 0 Å². The first-order chi connectivity index (χ1) is 12.0. The third kappa shape index (κ3) is 5.04. The van der Waals surface area contributed by atoms with Crippen LogP contribution in [0.25, 0.3) is 0 Å². The number of benzene rings is 2. The maximum absolute atomic E-state index is 12.6. The first-order valence-electron chi connectivity index (χ1n) is 8.24. The summed E-state index contributed by atoms with van der Waals surface area (Å²) >= 11 is 6.08. The number of nitrogen functional groups attached to an aromatic ring is 1. The number of nitrogens with one attached hydrogen (secondary N) is 1. The average Bonchev–Trinajstić information content (AvgIpc) is 3.10. The summed E-state index contributed by atoms with van der Waals surface area (Å²) in [5.74, 6) is 0.309. The number of anilines is 2. The zero-order valence-corrected chi connectivity index (χ0v) is 16.0. The van der Waals surface area contributed by atoms with Crippen molar-refractivity contribution < 1.29 is 14.3 Å². The van der Waals surface area contributed by atoms with Gasteiger partial charge in [-0.3, -0.25) is 4.79 Å².